The Bertz CT molecular complexity index is 374. The lowest BCUT2D eigenvalue weighted by atomic mass is 10.0. The molecule has 1 atom stereocenters. The van der Waals surface area contributed by atoms with Gasteiger partial charge in [-0.1, -0.05) is 19.1 Å². The lowest BCUT2D eigenvalue weighted by Crippen LogP contribution is -2.34. The Balaban J connectivity index is 0.00000289. The summed E-state index contributed by atoms with van der Waals surface area (Å²) < 4.78 is 13.0. The first kappa shape index (κ1) is 16.9. The standard InChI is InChI=1S/C13H19FN2O.ClH/c1-10(13(17)16-7-6-15-2)8-11-4-3-5-12(14)9-11;/h3-5,9-10,15H,6-8H2,1-2H3,(H,16,17);1H. The molecule has 1 aromatic carbocycles. The van der Waals surface area contributed by atoms with Gasteiger partial charge in [0.15, 0.2) is 0 Å². The molecule has 0 saturated heterocycles. The third-order valence-electron chi connectivity index (χ3n) is 2.55. The molecule has 1 rings (SSSR count). The highest BCUT2D eigenvalue weighted by atomic mass is 35.5. The van der Waals surface area contributed by atoms with Gasteiger partial charge in [0.1, 0.15) is 5.82 Å². The van der Waals surface area contributed by atoms with E-state index < -0.39 is 0 Å². The SMILES string of the molecule is CNCCNC(=O)C(C)Cc1cccc(F)c1.Cl. The molecule has 0 aromatic heterocycles. The van der Waals surface area contributed by atoms with Crippen molar-refractivity contribution in [2.75, 3.05) is 20.1 Å². The molecule has 1 unspecified atom stereocenters. The number of halogens is 2. The minimum atomic E-state index is -0.259. The monoisotopic (exact) mass is 274 g/mol. The van der Waals surface area contributed by atoms with Crippen molar-refractivity contribution >= 4 is 18.3 Å². The number of rotatable bonds is 6. The van der Waals surface area contributed by atoms with E-state index in [2.05, 4.69) is 10.6 Å². The van der Waals surface area contributed by atoms with Crippen LogP contribution in [-0.4, -0.2) is 26.0 Å². The topological polar surface area (TPSA) is 41.1 Å². The van der Waals surface area contributed by atoms with Gasteiger partial charge >= 0.3 is 0 Å². The van der Waals surface area contributed by atoms with Gasteiger partial charge in [0, 0.05) is 19.0 Å². The Morgan fingerprint density at radius 1 is 1.39 bits per heavy atom. The average Bonchev–Trinajstić information content (AvgIpc) is 2.29. The minimum Gasteiger partial charge on any atom is -0.355 e. The summed E-state index contributed by atoms with van der Waals surface area (Å²) in [4.78, 5) is 11.7. The predicted molar refractivity (Wildman–Crippen MR) is 73.5 cm³/mol. The number of amides is 1. The summed E-state index contributed by atoms with van der Waals surface area (Å²) >= 11 is 0. The molecule has 1 amide bonds. The summed E-state index contributed by atoms with van der Waals surface area (Å²) in [5, 5.41) is 5.78. The number of nitrogens with one attached hydrogen (secondary N) is 2. The highest BCUT2D eigenvalue weighted by molar-refractivity contribution is 5.85. The first-order chi connectivity index (χ1) is 8.13. The lowest BCUT2D eigenvalue weighted by molar-refractivity contribution is -0.124. The van der Waals surface area contributed by atoms with Crippen molar-refractivity contribution in [3.8, 4) is 0 Å². The van der Waals surface area contributed by atoms with Crippen molar-refractivity contribution in [3.63, 3.8) is 0 Å². The fourth-order valence-electron chi connectivity index (χ4n) is 1.60. The number of hydrogen-bond acceptors (Lipinski definition) is 2. The van der Waals surface area contributed by atoms with Gasteiger partial charge in [0.05, 0.1) is 0 Å². The van der Waals surface area contributed by atoms with Gasteiger partial charge in [-0.15, -0.1) is 12.4 Å². The quantitative estimate of drug-likeness (QED) is 0.776. The van der Waals surface area contributed by atoms with Crippen LogP contribution in [0.2, 0.25) is 0 Å². The van der Waals surface area contributed by atoms with Crippen molar-refractivity contribution in [2.24, 2.45) is 5.92 Å². The summed E-state index contributed by atoms with van der Waals surface area (Å²) in [5.74, 6) is -0.400. The Kier molecular flexibility index (Phi) is 8.33. The zero-order valence-electron chi connectivity index (χ0n) is 10.7. The van der Waals surface area contributed by atoms with E-state index in [0.29, 0.717) is 13.0 Å². The van der Waals surface area contributed by atoms with Crippen LogP contribution in [0.5, 0.6) is 0 Å². The van der Waals surface area contributed by atoms with Gasteiger partial charge in [0.2, 0.25) is 5.91 Å². The molecule has 0 bridgehead atoms. The second-order valence-electron chi connectivity index (χ2n) is 4.13. The fraction of sp³-hybridized carbons (Fsp3) is 0.462. The first-order valence-corrected chi connectivity index (χ1v) is 5.80. The van der Waals surface area contributed by atoms with Crippen LogP contribution in [0.15, 0.2) is 24.3 Å². The van der Waals surface area contributed by atoms with Crippen LogP contribution in [0, 0.1) is 11.7 Å². The van der Waals surface area contributed by atoms with E-state index in [9.17, 15) is 9.18 Å². The molecule has 18 heavy (non-hydrogen) atoms. The third kappa shape index (κ3) is 5.98. The van der Waals surface area contributed by atoms with E-state index in [1.54, 1.807) is 6.07 Å². The molecule has 1 aromatic rings. The summed E-state index contributed by atoms with van der Waals surface area (Å²) in [6.07, 6.45) is 0.559. The molecule has 0 fully saturated rings. The average molecular weight is 275 g/mol. The van der Waals surface area contributed by atoms with E-state index in [-0.39, 0.29) is 30.0 Å². The van der Waals surface area contributed by atoms with Crippen molar-refractivity contribution < 1.29 is 9.18 Å². The minimum absolute atomic E-state index is 0. The van der Waals surface area contributed by atoms with E-state index in [4.69, 9.17) is 0 Å². The van der Waals surface area contributed by atoms with Gasteiger partial charge in [-0.2, -0.15) is 0 Å². The summed E-state index contributed by atoms with van der Waals surface area (Å²) in [5.41, 5.74) is 0.848. The van der Waals surface area contributed by atoms with Crippen molar-refractivity contribution in [1.82, 2.24) is 10.6 Å². The Hall–Kier alpha value is -1.13. The molecule has 0 aliphatic heterocycles. The summed E-state index contributed by atoms with van der Waals surface area (Å²) in [6, 6.07) is 6.37. The van der Waals surface area contributed by atoms with Gasteiger partial charge in [-0.25, -0.2) is 4.39 Å². The zero-order chi connectivity index (χ0) is 12.7. The number of carbonyl (C=O) groups excluding carboxylic acids is 1. The van der Waals surface area contributed by atoms with Gasteiger partial charge in [-0.3, -0.25) is 4.79 Å². The molecule has 0 aliphatic carbocycles. The van der Waals surface area contributed by atoms with Gasteiger partial charge in [-0.05, 0) is 31.2 Å². The normalized spacial score (nSPS) is 11.5. The summed E-state index contributed by atoms with van der Waals surface area (Å²) in [7, 11) is 1.84. The molecule has 5 heteroatoms. The zero-order valence-corrected chi connectivity index (χ0v) is 11.5. The highest BCUT2D eigenvalue weighted by Gasteiger charge is 2.12. The second kappa shape index (κ2) is 8.89. The highest BCUT2D eigenvalue weighted by Crippen LogP contribution is 2.10. The second-order valence-corrected chi connectivity index (χ2v) is 4.13. The first-order valence-electron chi connectivity index (χ1n) is 5.80. The molecule has 0 heterocycles. The lowest BCUT2D eigenvalue weighted by Gasteiger charge is -2.12. The molecule has 3 nitrogen and oxygen atoms in total. The Morgan fingerprint density at radius 2 is 2.11 bits per heavy atom. The van der Waals surface area contributed by atoms with Crippen molar-refractivity contribution in [1.29, 1.82) is 0 Å². The van der Waals surface area contributed by atoms with Crippen LogP contribution < -0.4 is 10.6 Å². The van der Waals surface area contributed by atoms with Crippen molar-refractivity contribution in [2.45, 2.75) is 13.3 Å². The Labute approximate surface area is 114 Å². The Morgan fingerprint density at radius 3 is 2.72 bits per heavy atom. The third-order valence-corrected chi connectivity index (χ3v) is 2.55. The fourth-order valence-corrected chi connectivity index (χ4v) is 1.60. The molecule has 0 radical (unpaired) electrons. The van der Waals surface area contributed by atoms with E-state index in [1.807, 2.05) is 20.0 Å². The van der Waals surface area contributed by atoms with Crippen LogP contribution >= 0.6 is 12.4 Å². The van der Waals surface area contributed by atoms with Crippen LogP contribution in [0.25, 0.3) is 0 Å². The number of hydrogen-bond donors (Lipinski definition) is 2. The smallest absolute Gasteiger partial charge is 0.223 e. The number of benzene rings is 1. The molecular formula is C13H20ClFN2O. The van der Waals surface area contributed by atoms with E-state index in [0.717, 1.165) is 12.1 Å². The molecule has 2 N–H and O–H groups in total. The predicted octanol–water partition coefficient (Wildman–Crippen LogP) is 1.76. The largest absolute Gasteiger partial charge is 0.355 e. The van der Waals surface area contributed by atoms with Crippen LogP contribution in [0.4, 0.5) is 4.39 Å². The number of carbonyl (C=O) groups is 1. The van der Waals surface area contributed by atoms with Crippen LogP contribution in [-0.2, 0) is 11.2 Å². The molecular weight excluding hydrogens is 255 g/mol. The maximum Gasteiger partial charge on any atom is 0.223 e. The van der Waals surface area contributed by atoms with Crippen LogP contribution in [0.3, 0.4) is 0 Å². The van der Waals surface area contributed by atoms with Gasteiger partial charge in [0.25, 0.3) is 0 Å². The maximum absolute atomic E-state index is 13.0. The van der Waals surface area contributed by atoms with E-state index >= 15 is 0 Å². The molecule has 0 spiro atoms. The molecule has 0 aliphatic rings. The van der Waals surface area contributed by atoms with Crippen molar-refractivity contribution in [3.05, 3.63) is 35.6 Å². The van der Waals surface area contributed by atoms with Gasteiger partial charge < -0.3 is 10.6 Å². The molecule has 0 saturated carbocycles. The summed E-state index contributed by atoms with van der Waals surface area (Å²) in [6.45, 7) is 3.21. The molecule has 102 valence electrons. The maximum atomic E-state index is 13.0. The van der Waals surface area contributed by atoms with Crippen LogP contribution in [0.1, 0.15) is 12.5 Å². The van der Waals surface area contributed by atoms with E-state index in [1.165, 1.54) is 12.1 Å². The number of likely N-dealkylation sites (N-methyl/N-ethyl adjacent to an activating group) is 1.